The fourth-order valence-corrected chi connectivity index (χ4v) is 2.06. The van der Waals surface area contributed by atoms with Gasteiger partial charge >= 0.3 is 0 Å². The molecule has 0 spiro atoms. The molecule has 1 N–H and O–H groups in total. The van der Waals surface area contributed by atoms with E-state index >= 15 is 0 Å². The number of aliphatic hydroxyl groups excluding tert-OH is 1. The van der Waals surface area contributed by atoms with Gasteiger partial charge in [-0.2, -0.15) is 0 Å². The molecule has 0 radical (unpaired) electrons. The molecule has 0 aromatic carbocycles. The van der Waals surface area contributed by atoms with Crippen LogP contribution in [0.2, 0.25) is 0 Å². The zero-order valence-electron chi connectivity index (χ0n) is 6.84. The molecule has 0 heterocycles. The van der Waals surface area contributed by atoms with Gasteiger partial charge in [0.15, 0.2) is 0 Å². The minimum atomic E-state index is 0.415. The van der Waals surface area contributed by atoms with E-state index in [1.165, 1.54) is 32.1 Å². The Morgan fingerprint density at radius 1 is 1.20 bits per heavy atom. The Balaban J connectivity index is 2.34. The van der Waals surface area contributed by atoms with Crippen molar-refractivity contribution in [2.45, 2.75) is 39.0 Å². The predicted molar refractivity (Wildman–Crippen MR) is 42.8 cm³/mol. The van der Waals surface area contributed by atoms with E-state index in [4.69, 9.17) is 5.11 Å². The van der Waals surface area contributed by atoms with Crippen molar-refractivity contribution < 1.29 is 5.11 Å². The lowest BCUT2D eigenvalue weighted by Gasteiger charge is -2.28. The van der Waals surface area contributed by atoms with E-state index in [1.807, 2.05) is 0 Å². The number of rotatable bonds is 2. The van der Waals surface area contributed by atoms with Crippen LogP contribution in [0.4, 0.5) is 0 Å². The monoisotopic (exact) mass is 142 g/mol. The molecule has 1 nitrogen and oxygen atoms in total. The van der Waals surface area contributed by atoms with Gasteiger partial charge in [-0.05, 0) is 18.3 Å². The van der Waals surface area contributed by atoms with E-state index in [2.05, 4.69) is 6.92 Å². The Kier molecular flexibility index (Phi) is 3.20. The summed E-state index contributed by atoms with van der Waals surface area (Å²) in [5, 5.41) is 8.99. The highest BCUT2D eigenvalue weighted by atomic mass is 16.3. The minimum absolute atomic E-state index is 0.415. The van der Waals surface area contributed by atoms with E-state index in [0.717, 1.165) is 5.92 Å². The SMILES string of the molecule is CC[C@@H]1CCCCC1CO. The average Bonchev–Trinajstić information content (AvgIpc) is 2.04. The molecular weight excluding hydrogens is 124 g/mol. The summed E-state index contributed by atoms with van der Waals surface area (Å²) < 4.78 is 0. The summed E-state index contributed by atoms with van der Waals surface area (Å²) in [6.07, 6.45) is 6.58. The Morgan fingerprint density at radius 2 is 1.80 bits per heavy atom. The van der Waals surface area contributed by atoms with Gasteiger partial charge in [-0.1, -0.05) is 32.6 Å². The fraction of sp³-hybridized carbons (Fsp3) is 1.00. The third-order valence-electron chi connectivity index (χ3n) is 2.83. The van der Waals surface area contributed by atoms with Gasteiger partial charge in [0, 0.05) is 6.61 Å². The van der Waals surface area contributed by atoms with E-state index in [1.54, 1.807) is 0 Å². The van der Waals surface area contributed by atoms with Crippen molar-refractivity contribution in [2.24, 2.45) is 11.8 Å². The summed E-state index contributed by atoms with van der Waals surface area (Å²) in [6, 6.07) is 0. The highest BCUT2D eigenvalue weighted by Crippen LogP contribution is 2.31. The summed E-state index contributed by atoms with van der Waals surface area (Å²) >= 11 is 0. The molecule has 0 aromatic heterocycles. The van der Waals surface area contributed by atoms with Crippen LogP contribution in [0, 0.1) is 11.8 Å². The second-order valence-electron chi connectivity index (χ2n) is 3.40. The van der Waals surface area contributed by atoms with Crippen molar-refractivity contribution in [3.63, 3.8) is 0 Å². The first-order valence-electron chi connectivity index (χ1n) is 4.49. The second-order valence-corrected chi connectivity index (χ2v) is 3.40. The van der Waals surface area contributed by atoms with Crippen LogP contribution in [0.5, 0.6) is 0 Å². The Labute approximate surface area is 63.4 Å². The molecule has 1 fully saturated rings. The van der Waals surface area contributed by atoms with Gasteiger partial charge in [0.05, 0.1) is 0 Å². The zero-order chi connectivity index (χ0) is 7.40. The topological polar surface area (TPSA) is 20.2 Å². The standard InChI is InChI=1S/C9H18O/c1-2-8-5-3-4-6-9(8)7-10/h8-10H,2-7H2,1H3/t8-,9?/m1/s1. The lowest BCUT2D eigenvalue weighted by Crippen LogP contribution is -2.21. The maximum Gasteiger partial charge on any atom is 0.0461 e. The Bertz CT molecular complexity index is 78.7. The first-order chi connectivity index (χ1) is 4.88. The van der Waals surface area contributed by atoms with Gasteiger partial charge in [-0.25, -0.2) is 0 Å². The van der Waals surface area contributed by atoms with Crippen molar-refractivity contribution >= 4 is 0 Å². The quantitative estimate of drug-likeness (QED) is 0.626. The third kappa shape index (κ3) is 1.72. The summed E-state index contributed by atoms with van der Waals surface area (Å²) in [5.41, 5.74) is 0. The van der Waals surface area contributed by atoms with E-state index < -0.39 is 0 Å². The number of aliphatic hydroxyl groups is 1. The first-order valence-corrected chi connectivity index (χ1v) is 4.49. The first kappa shape index (κ1) is 8.06. The van der Waals surface area contributed by atoms with Gasteiger partial charge in [0.2, 0.25) is 0 Å². The lowest BCUT2D eigenvalue weighted by atomic mass is 9.78. The van der Waals surface area contributed by atoms with Gasteiger partial charge in [-0.15, -0.1) is 0 Å². The van der Waals surface area contributed by atoms with Crippen molar-refractivity contribution in [3.05, 3.63) is 0 Å². The van der Waals surface area contributed by atoms with Crippen molar-refractivity contribution in [3.8, 4) is 0 Å². The van der Waals surface area contributed by atoms with Crippen molar-refractivity contribution in [1.29, 1.82) is 0 Å². The van der Waals surface area contributed by atoms with Gasteiger partial charge in [0.1, 0.15) is 0 Å². The molecule has 1 saturated carbocycles. The molecule has 1 aliphatic rings. The Morgan fingerprint density at radius 3 is 2.20 bits per heavy atom. The smallest absolute Gasteiger partial charge is 0.0461 e. The molecule has 1 unspecified atom stereocenters. The molecule has 10 heavy (non-hydrogen) atoms. The number of hydrogen-bond acceptors (Lipinski definition) is 1. The van der Waals surface area contributed by atoms with Crippen LogP contribution in [-0.4, -0.2) is 11.7 Å². The largest absolute Gasteiger partial charge is 0.396 e. The van der Waals surface area contributed by atoms with Crippen molar-refractivity contribution in [1.82, 2.24) is 0 Å². The molecule has 0 aliphatic heterocycles. The molecule has 0 aromatic rings. The van der Waals surface area contributed by atoms with Crippen LogP contribution in [0.3, 0.4) is 0 Å². The van der Waals surface area contributed by atoms with E-state index in [-0.39, 0.29) is 0 Å². The van der Waals surface area contributed by atoms with Crippen LogP contribution in [-0.2, 0) is 0 Å². The summed E-state index contributed by atoms with van der Waals surface area (Å²) in [4.78, 5) is 0. The second kappa shape index (κ2) is 3.97. The molecule has 1 heteroatoms. The zero-order valence-corrected chi connectivity index (χ0v) is 6.84. The normalized spacial score (nSPS) is 34.2. The molecule has 0 amide bonds. The van der Waals surface area contributed by atoms with Crippen LogP contribution < -0.4 is 0 Å². The molecule has 1 rings (SSSR count). The summed E-state index contributed by atoms with van der Waals surface area (Å²) in [7, 11) is 0. The van der Waals surface area contributed by atoms with E-state index in [0.29, 0.717) is 12.5 Å². The average molecular weight is 142 g/mol. The molecular formula is C9H18O. The van der Waals surface area contributed by atoms with Crippen LogP contribution in [0.1, 0.15) is 39.0 Å². The molecule has 60 valence electrons. The summed E-state index contributed by atoms with van der Waals surface area (Å²) in [6.45, 7) is 2.65. The Hall–Kier alpha value is -0.0400. The predicted octanol–water partition coefficient (Wildman–Crippen LogP) is 2.20. The van der Waals surface area contributed by atoms with Gasteiger partial charge < -0.3 is 5.11 Å². The molecule has 2 atom stereocenters. The number of hydrogen-bond donors (Lipinski definition) is 1. The van der Waals surface area contributed by atoms with Gasteiger partial charge in [-0.3, -0.25) is 0 Å². The van der Waals surface area contributed by atoms with Crippen molar-refractivity contribution in [2.75, 3.05) is 6.61 Å². The third-order valence-corrected chi connectivity index (χ3v) is 2.83. The highest BCUT2D eigenvalue weighted by molar-refractivity contribution is 4.73. The van der Waals surface area contributed by atoms with Crippen LogP contribution in [0.25, 0.3) is 0 Å². The summed E-state index contributed by atoms with van der Waals surface area (Å²) in [5.74, 6) is 1.44. The lowest BCUT2D eigenvalue weighted by molar-refractivity contribution is 0.132. The van der Waals surface area contributed by atoms with Crippen LogP contribution in [0.15, 0.2) is 0 Å². The molecule has 0 bridgehead atoms. The maximum absolute atomic E-state index is 8.99. The maximum atomic E-state index is 8.99. The van der Waals surface area contributed by atoms with E-state index in [9.17, 15) is 0 Å². The van der Waals surface area contributed by atoms with Gasteiger partial charge in [0.25, 0.3) is 0 Å². The highest BCUT2D eigenvalue weighted by Gasteiger charge is 2.22. The molecule has 0 saturated heterocycles. The van der Waals surface area contributed by atoms with Crippen LogP contribution >= 0.6 is 0 Å². The fourth-order valence-electron chi connectivity index (χ4n) is 2.06. The minimum Gasteiger partial charge on any atom is -0.396 e. The molecule has 1 aliphatic carbocycles.